The van der Waals surface area contributed by atoms with Gasteiger partial charge in [-0.25, -0.2) is 0 Å². The maximum absolute atomic E-state index is 13.2. The molecule has 0 bridgehead atoms. The van der Waals surface area contributed by atoms with Crippen LogP contribution in [0.1, 0.15) is 53.5 Å². The predicted molar refractivity (Wildman–Crippen MR) is 110 cm³/mol. The van der Waals surface area contributed by atoms with Crippen molar-refractivity contribution in [3.8, 4) is 5.75 Å². The van der Waals surface area contributed by atoms with E-state index in [1.165, 1.54) is 0 Å². The molecule has 0 saturated heterocycles. The van der Waals surface area contributed by atoms with Gasteiger partial charge >= 0.3 is 0 Å². The first-order chi connectivity index (χ1) is 13.7. The Labute approximate surface area is 169 Å². The van der Waals surface area contributed by atoms with E-state index in [1.54, 1.807) is 47.4 Å². The highest BCUT2D eigenvalue weighted by Gasteiger charge is 2.38. The lowest BCUT2D eigenvalue weighted by Gasteiger charge is -2.41. The fraction of sp³-hybridized carbons (Fsp3) is 0.261. The number of allylic oxidation sites excluding steroid dienone is 1. The lowest BCUT2D eigenvalue weighted by atomic mass is 9.88. The maximum Gasteiger partial charge on any atom is 0.261 e. The van der Waals surface area contributed by atoms with Crippen LogP contribution < -0.4 is 4.90 Å². The van der Waals surface area contributed by atoms with Crippen molar-refractivity contribution in [2.45, 2.75) is 32.7 Å². The molecular formula is C23H22N2O4. The van der Waals surface area contributed by atoms with Gasteiger partial charge in [-0.15, -0.1) is 0 Å². The zero-order valence-corrected chi connectivity index (χ0v) is 16.6. The van der Waals surface area contributed by atoms with E-state index in [1.807, 2.05) is 26.8 Å². The number of phenols is 1. The van der Waals surface area contributed by atoms with E-state index in [9.17, 15) is 19.5 Å². The monoisotopic (exact) mass is 390 g/mol. The Morgan fingerprint density at radius 2 is 1.62 bits per heavy atom. The summed E-state index contributed by atoms with van der Waals surface area (Å²) in [5, 5.41) is 9.84. The third-order valence-electron chi connectivity index (χ3n) is 5.47. The molecular weight excluding hydrogens is 368 g/mol. The van der Waals surface area contributed by atoms with Gasteiger partial charge in [-0.1, -0.05) is 18.2 Å². The van der Waals surface area contributed by atoms with Gasteiger partial charge in [-0.05, 0) is 56.7 Å². The van der Waals surface area contributed by atoms with E-state index in [0.29, 0.717) is 16.8 Å². The number of aromatic hydroxyl groups is 1. The number of rotatable bonds is 3. The lowest BCUT2D eigenvalue weighted by molar-refractivity contribution is -0.119. The number of anilines is 1. The highest BCUT2D eigenvalue weighted by molar-refractivity contribution is 6.21. The van der Waals surface area contributed by atoms with Gasteiger partial charge in [-0.2, -0.15) is 0 Å². The Balaban J connectivity index is 1.58. The van der Waals surface area contributed by atoms with E-state index in [2.05, 4.69) is 0 Å². The number of carbonyl (C=O) groups excluding carboxylic acids is 3. The molecule has 0 unspecified atom stereocenters. The Morgan fingerprint density at radius 1 is 1.00 bits per heavy atom. The number of benzene rings is 2. The molecule has 2 heterocycles. The van der Waals surface area contributed by atoms with Crippen molar-refractivity contribution < 1.29 is 19.5 Å². The summed E-state index contributed by atoms with van der Waals surface area (Å²) in [6.07, 6.45) is 2.00. The molecule has 0 radical (unpaired) electrons. The summed E-state index contributed by atoms with van der Waals surface area (Å²) in [5.41, 5.74) is 2.65. The molecule has 0 fully saturated rings. The SMILES string of the molecule is CC1=CC(C)(C)N(C(=O)CCN2C(=O)c3ccccc3C2=O)c2ccc(O)cc21. The first-order valence-corrected chi connectivity index (χ1v) is 9.52. The molecule has 0 spiro atoms. The summed E-state index contributed by atoms with van der Waals surface area (Å²) in [7, 11) is 0. The number of amides is 3. The Hall–Kier alpha value is -3.41. The molecule has 2 aliphatic heterocycles. The van der Waals surface area contributed by atoms with Gasteiger partial charge < -0.3 is 10.0 Å². The maximum atomic E-state index is 13.2. The van der Waals surface area contributed by atoms with Crippen LogP contribution in [-0.2, 0) is 4.79 Å². The number of hydrogen-bond acceptors (Lipinski definition) is 4. The molecule has 2 aromatic rings. The summed E-state index contributed by atoms with van der Waals surface area (Å²) < 4.78 is 0. The van der Waals surface area contributed by atoms with Crippen LogP contribution in [0.25, 0.3) is 5.57 Å². The molecule has 4 rings (SSSR count). The quantitative estimate of drug-likeness (QED) is 0.812. The van der Waals surface area contributed by atoms with Gasteiger partial charge in [0.05, 0.1) is 22.4 Å². The van der Waals surface area contributed by atoms with Crippen molar-refractivity contribution in [2.75, 3.05) is 11.4 Å². The second-order valence-electron chi connectivity index (χ2n) is 7.97. The molecule has 3 amide bonds. The molecule has 1 N–H and O–H groups in total. The Kier molecular flexibility index (Phi) is 4.30. The molecule has 6 heteroatoms. The minimum atomic E-state index is -0.576. The first-order valence-electron chi connectivity index (χ1n) is 9.52. The molecule has 6 nitrogen and oxygen atoms in total. The second kappa shape index (κ2) is 6.58. The van der Waals surface area contributed by atoms with Crippen LogP contribution in [0.5, 0.6) is 5.75 Å². The number of fused-ring (bicyclic) bond motifs is 2. The fourth-order valence-corrected chi connectivity index (χ4v) is 4.23. The van der Waals surface area contributed by atoms with Crippen LogP contribution in [0.3, 0.4) is 0 Å². The number of carbonyl (C=O) groups is 3. The largest absolute Gasteiger partial charge is 0.508 e. The molecule has 0 aromatic heterocycles. The number of nitrogens with zero attached hydrogens (tertiary/aromatic N) is 2. The van der Waals surface area contributed by atoms with Gasteiger partial charge in [0.1, 0.15) is 5.75 Å². The average molecular weight is 390 g/mol. The third-order valence-corrected chi connectivity index (χ3v) is 5.47. The van der Waals surface area contributed by atoms with Crippen molar-refractivity contribution in [3.05, 3.63) is 65.2 Å². The number of phenolic OH excluding ortho intramolecular Hbond substituents is 1. The predicted octanol–water partition coefficient (Wildman–Crippen LogP) is 3.61. The van der Waals surface area contributed by atoms with Gasteiger partial charge in [0.15, 0.2) is 0 Å². The van der Waals surface area contributed by atoms with Crippen LogP contribution >= 0.6 is 0 Å². The molecule has 0 saturated carbocycles. The summed E-state index contributed by atoms with van der Waals surface area (Å²) in [5.74, 6) is -0.786. The summed E-state index contributed by atoms with van der Waals surface area (Å²) >= 11 is 0. The minimum absolute atomic E-state index is 0.0160. The molecule has 29 heavy (non-hydrogen) atoms. The normalized spacial score (nSPS) is 17.1. The number of imide groups is 1. The van der Waals surface area contributed by atoms with E-state index in [4.69, 9.17) is 0 Å². The van der Waals surface area contributed by atoms with Crippen LogP contribution in [0.15, 0.2) is 48.5 Å². The van der Waals surface area contributed by atoms with E-state index in [-0.39, 0.29) is 36.4 Å². The van der Waals surface area contributed by atoms with Crippen molar-refractivity contribution in [2.24, 2.45) is 0 Å². The van der Waals surface area contributed by atoms with Gasteiger partial charge in [0.2, 0.25) is 5.91 Å². The molecule has 2 aromatic carbocycles. The van der Waals surface area contributed by atoms with E-state index in [0.717, 1.165) is 16.0 Å². The van der Waals surface area contributed by atoms with Crippen LogP contribution in [0.4, 0.5) is 5.69 Å². The van der Waals surface area contributed by atoms with Crippen molar-refractivity contribution in [3.63, 3.8) is 0 Å². The van der Waals surface area contributed by atoms with Gasteiger partial charge in [0.25, 0.3) is 11.8 Å². The minimum Gasteiger partial charge on any atom is -0.508 e. The summed E-state index contributed by atoms with van der Waals surface area (Å²) in [6.45, 7) is 5.84. The lowest BCUT2D eigenvalue weighted by Crippen LogP contribution is -2.49. The van der Waals surface area contributed by atoms with Crippen molar-refractivity contribution in [1.82, 2.24) is 4.90 Å². The van der Waals surface area contributed by atoms with Crippen LogP contribution in [0, 0.1) is 0 Å². The van der Waals surface area contributed by atoms with Crippen molar-refractivity contribution >= 4 is 29.0 Å². The zero-order chi connectivity index (χ0) is 20.9. The Morgan fingerprint density at radius 3 is 2.24 bits per heavy atom. The molecule has 0 atom stereocenters. The van der Waals surface area contributed by atoms with Crippen molar-refractivity contribution in [1.29, 1.82) is 0 Å². The Bertz CT molecular complexity index is 1050. The molecule has 148 valence electrons. The fourth-order valence-electron chi connectivity index (χ4n) is 4.23. The van der Waals surface area contributed by atoms with Gasteiger partial charge in [-0.3, -0.25) is 19.3 Å². The average Bonchev–Trinajstić information content (AvgIpc) is 2.91. The second-order valence-corrected chi connectivity index (χ2v) is 7.97. The van der Waals surface area contributed by atoms with Crippen LogP contribution in [-0.4, -0.2) is 39.8 Å². The van der Waals surface area contributed by atoms with E-state index >= 15 is 0 Å². The van der Waals surface area contributed by atoms with E-state index < -0.39 is 5.54 Å². The van der Waals surface area contributed by atoms with Crippen LogP contribution in [0.2, 0.25) is 0 Å². The summed E-state index contributed by atoms with van der Waals surface area (Å²) in [6, 6.07) is 11.6. The third kappa shape index (κ3) is 3.01. The highest BCUT2D eigenvalue weighted by Crippen LogP contribution is 2.40. The van der Waals surface area contributed by atoms with Gasteiger partial charge in [0, 0.05) is 18.5 Å². The standard InChI is InChI=1S/C23H22N2O4/c1-14-13-23(2,3)25(19-9-8-15(26)12-18(14)19)20(27)10-11-24-21(28)16-6-4-5-7-17(16)22(24)29/h4-9,12-13,26H,10-11H2,1-3H3. The molecule has 2 aliphatic rings. The highest BCUT2D eigenvalue weighted by atomic mass is 16.3. The first kappa shape index (κ1) is 18.9. The zero-order valence-electron chi connectivity index (χ0n) is 16.6. The molecule has 0 aliphatic carbocycles. The summed E-state index contributed by atoms with van der Waals surface area (Å²) in [4.78, 5) is 41.1. The smallest absolute Gasteiger partial charge is 0.261 e. The topological polar surface area (TPSA) is 77.9 Å². The number of hydrogen-bond donors (Lipinski definition) is 1.